The second-order valence-electron chi connectivity index (χ2n) is 6.79. The number of allylic oxidation sites excluding steroid dienone is 1. The topological polar surface area (TPSA) is 70.8 Å². The molecule has 140 valence electrons. The van der Waals surface area contributed by atoms with Crippen molar-refractivity contribution in [1.29, 1.82) is 0 Å². The molecule has 1 N–H and O–H groups in total. The average molecular weight is 365 g/mol. The van der Waals surface area contributed by atoms with E-state index < -0.39 is 23.5 Å². The minimum Gasteiger partial charge on any atom is -0.503 e. The Morgan fingerprint density at radius 3 is 2.52 bits per heavy atom. The summed E-state index contributed by atoms with van der Waals surface area (Å²) in [5.41, 5.74) is 2.07. The van der Waals surface area contributed by atoms with E-state index in [2.05, 4.69) is 13.8 Å². The first-order valence-electron chi connectivity index (χ1n) is 9.03. The number of rotatable bonds is 6. The molecule has 1 aliphatic heterocycles. The number of aliphatic hydroxyl groups excluding tert-OH is 1. The largest absolute Gasteiger partial charge is 0.503 e. The molecule has 27 heavy (non-hydrogen) atoms. The smallest absolute Gasteiger partial charge is 0.290 e. The molecule has 1 atom stereocenters. The standard InChI is InChI=1S/C22H23NO4/c1-4-23-20(16-9-7-15(8-10-16)14(2)3)19(21(25)22(23)26)18(24)12-11-17-6-5-13-27-17/h5-14,20,25H,4H2,1-3H3/b12-11+. The number of furan rings is 1. The van der Waals surface area contributed by atoms with Gasteiger partial charge in [0.25, 0.3) is 5.91 Å². The number of aliphatic hydroxyl groups is 1. The predicted molar refractivity (Wildman–Crippen MR) is 103 cm³/mol. The second-order valence-corrected chi connectivity index (χ2v) is 6.79. The Hall–Kier alpha value is -3.08. The van der Waals surface area contributed by atoms with Crippen LogP contribution in [-0.2, 0) is 9.59 Å². The molecular weight excluding hydrogens is 342 g/mol. The van der Waals surface area contributed by atoms with Crippen LogP contribution in [0, 0.1) is 0 Å². The lowest BCUT2D eigenvalue weighted by Crippen LogP contribution is -2.30. The summed E-state index contributed by atoms with van der Waals surface area (Å²) in [6.07, 6.45) is 4.37. The van der Waals surface area contributed by atoms with E-state index in [-0.39, 0.29) is 5.57 Å². The highest BCUT2D eigenvalue weighted by molar-refractivity contribution is 6.14. The molecule has 3 rings (SSSR count). The minimum absolute atomic E-state index is 0.0990. The van der Waals surface area contributed by atoms with Crippen LogP contribution in [0.1, 0.15) is 49.6 Å². The molecule has 1 amide bonds. The maximum Gasteiger partial charge on any atom is 0.290 e. The molecule has 2 aromatic rings. The van der Waals surface area contributed by atoms with Gasteiger partial charge in [0.1, 0.15) is 5.76 Å². The zero-order valence-corrected chi connectivity index (χ0v) is 15.7. The van der Waals surface area contributed by atoms with Gasteiger partial charge in [-0.05, 0) is 48.3 Å². The Labute approximate surface area is 158 Å². The van der Waals surface area contributed by atoms with E-state index in [0.717, 1.165) is 5.56 Å². The van der Waals surface area contributed by atoms with Crippen LogP contribution in [0.2, 0.25) is 0 Å². The van der Waals surface area contributed by atoms with E-state index in [9.17, 15) is 14.7 Å². The van der Waals surface area contributed by atoms with Gasteiger partial charge in [-0.15, -0.1) is 0 Å². The molecule has 2 heterocycles. The third kappa shape index (κ3) is 3.58. The Kier molecular flexibility index (Phi) is 5.31. The molecule has 0 radical (unpaired) electrons. The summed E-state index contributed by atoms with van der Waals surface area (Å²) in [5, 5.41) is 10.4. The van der Waals surface area contributed by atoms with Crippen molar-refractivity contribution in [3.05, 3.63) is 77.0 Å². The van der Waals surface area contributed by atoms with Gasteiger partial charge in [-0.2, -0.15) is 0 Å². The summed E-state index contributed by atoms with van der Waals surface area (Å²) >= 11 is 0. The number of hydrogen-bond donors (Lipinski definition) is 1. The van der Waals surface area contributed by atoms with Crippen molar-refractivity contribution in [2.75, 3.05) is 6.54 Å². The summed E-state index contributed by atoms with van der Waals surface area (Å²) in [4.78, 5) is 26.8. The van der Waals surface area contributed by atoms with Crippen LogP contribution >= 0.6 is 0 Å². The van der Waals surface area contributed by atoms with E-state index in [4.69, 9.17) is 4.42 Å². The third-order valence-corrected chi connectivity index (χ3v) is 4.77. The summed E-state index contributed by atoms with van der Waals surface area (Å²) in [7, 11) is 0. The molecule has 0 aliphatic carbocycles. The van der Waals surface area contributed by atoms with Crippen molar-refractivity contribution in [2.45, 2.75) is 32.7 Å². The minimum atomic E-state index is -0.600. The van der Waals surface area contributed by atoms with Gasteiger partial charge in [-0.1, -0.05) is 38.1 Å². The van der Waals surface area contributed by atoms with Crippen LogP contribution in [0.15, 0.2) is 64.5 Å². The van der Waals surface area contributed by atoms with Crippen LogP contribution in [-0.4, -0.2) is 28.2 Å². The van der Waals surface area contributed by atoms with Crippen molar-refractivity contribution >= 4 is 17.8 Å². The lowest BCUT2D eigenvalue weighted by Gasteiger charge is -2.25. The molecule has 1 aromatic carbocycles. The number of hydrogen-bond acceptors (Lipinski definition) is 4. The zero-order valence-electron chi connectivity index (χ0n) is 15.7. The number of amides is 1. The zero-order chi connectivity index (χ0) is 19.6. The maximum atomic E-state index is 12.8. The second kappa shape index (κ2) is 7.66. The molecule has 1 aliphatic rings. The van der Waals surface area contributed by atoms with Gasteiger partial charge in [-0.3, -0.25) is 9.59 Å². The average Bonchev–Trinajstić information content (AvgIpc) is 3.27. The summed E-state index contributed by atoms with van der Waals surface area (Å²) in [6.45, 7) is 6.42. The fourth-order valence-electron chi connectivity index (χ4n) is 3.27. The monoisotopic (exact) mass is 365 g/mol. The molecule has 1 unspecified atom stereocenters. The van der Waals surface area contributed by atoms with Crippen LogP contribution in [0.25, 0.3) is 6.08 Å². The van der Waals surface area contributed by atoms with Gasteiger partial charge >= 0.3 is 0 Å². The molecule has 0 saturated heterocycles. The fraction of sp³-hybridized carbons (Fsp3) is 0.273. The lowest BCUT2D eigenvalue weighted by atomic mass is 9.93. The first kappa shape index (κ1) is 18.7. The molecule has 0 spiro atoms. The van der Waals surface area contributed by atoms with Crippen molar-refractivity contribution in [1.82, 2.24) is 4.90 Å². The van der Waals surface area contributed by atoms with Gasteiger partial charge in [0.2, 0.25) is 0 Å². The first-order valence-corrected chi connectivity index (χ1v) is 9.03. The molecule has 0 saturated carbocycles. The van der Waals surface area contributed by atoms with Crippen molar-refractivity contribution in [2.24, 2.45) is 0 Å². The Balaban J connectivity index is 1.97. The van der Waals surface area contributed by atoms with Crippen LogP contribution in [0.3, 0.4) is 0 Å². The summed E-state index contributed by atoms with van der Waals surface area (Å²) in [5.74, 6) is -0.508. The number of carbonyl (C=O) groups excluding carboxylic acids is 2. The van der Waals surface area contributed by atoms with Crippen LogP contribution < -0.4 is 0 Å². The highest BCUT2D eigenvalue weighted by atomic mass is 16.3. The fourth-order valence-corrected chi connectivity index (χ4v) is 3.27. The van der Waals surface area contributed by atoms with Gasteiger partial charge in [0, 0.05) is 6.54 Å². The molecule has 1 aromatic heterocycles. The van der Waals surface area contributed by atoms with E-state index in [1.165, 1.54) is 28.9 Å². The van der Waals surface area contributed by atoms with Gasteiger partial charge in [0.15, 0.2) is 11.5 Å². The molecule has 0 fully saturated rings. The molecular formula is C22H23NO4. The number of benzene rings is 1. The quantitative estimate of drug-likeness (QED) is 0.770. The SMILES string of the molecule is CCN1C(=O)C(O)=C(C(=O)/C=C/c2ccco2)C1c1ccc(C(C)C)cc1. The van der Waals surface area contributed by atoms with E-state index in [1.807, 2.05) is 31.2 Å². The highest BCUT2D eigenvalue weighted by Crippen LogP contribution is 2.38. The molecule has 5 nitrogen and oxygen atoms in total. The maximum absolute atomic E-state index is 12.8. The van der Waals surface area contributed by atoms with E-state index >= 15 is 0 Å². The van der Waals surface area contributed by atoms with Crippen molar-refractivity contribution < 1.29 is 19.1 Å². The van der Waals surface area contributed by atoms with Gasteiger partial charge in [-0.25, -0.2) is 0 Å². The third-order valence-electron chi connectivity index (χ3n) is 4.77. The van der Waals surface area contributed by atoms with Gasteiger partial charge in [0.05, 0.1) is 17.9 Å². The first-order chi connectivity index (χ1) is 12.9. The Morgan fingerprint density at radius 2 is 1.96 bits per heavy atom. The highest BCUT2D eigenvalue weighted by Gasteiger charge is 2.42. The predicted octanol–water partition coefficient (Wildman–Crippen LogP) is 4.40. The number of nitrogens with zero attached hydrogens (tertiary/aromatic N) is 1. The normalized spacial score (nSPS) is 17.6. The molecule has 0 bridgehead atoms. The lowest BCUT2D eigenvalue weighted by molar-refractivity contribution is -0.129. The number of carbonyl (C=O) groups is 2. The number of likely N-dealkylation sites (N-methyl/N-ethyl adjacent to an activating group) is 1. The van der Waals surface area contributed by atoms with E-state index in [0.29, 0.717) is 18.2 Å². The van der Waals surface area contributed by atoms with Crippen LogP contribution in [0.5, 0.6) is 0 Å². The van der Waals surface area contributed by atoms with Crippen LogP contribution in [0.4, 0.5) is 0 Å². The van der Waals surface area contributed by atoms with Crippen molar-refractivity contribution in [3.63, 3.8) is 0 Å². The van der Waals surface area contributed by atoms with Gasteiger partial charge < -0.3 is 14.4 Å². The number of ketones is 1. The Bertz CT molecular complexity index is 889. The molecule has 5 heteroatoms. The summed E-state index contributed by atoms with van der Waals surface area (Å²) < 4.78 is 5.19. The Morgan fingerprint density at radius 1 is 1.26 bits per heavy atom. The van der Waals surface area contributed by atoms with E-state index in [1.54, 1.807) is 12.1 Å². The summed E-state index contributed by atoms with van der Waals surface area (Å²) in [6, 6.07) is 10.7. The van der Waals surface area contributed by atoms with Crippen molar-refractivity contribution in [3.8, 4) is 0 Å².